The van der Waals surface area contributed by atoms with Crippen LogP contribution in [0.3, 0.4) is 0 Å². The Kier molecular flexibility index (Phi) is 3.90. The highest BCUT2D eigenvalue weighted by molar-refractivity contribution is 14.1. The Labute approximate surface area is 112 Å². The van der Waals surface area contributed by atoms with Crippen LogP contribution in [-0.4, -0.2) is 4.98 Å². The first-order valence-corrected chi connectivity index (χ1v) is 6.05. The van der Waals surface area contributed by atoms with Crippen molar-refractivity contribution in [1.82, 2.24) is 4.98 Å². The molecule has 0 bridgehead atoms. The second-order valence-corrected chi connectivity index (χ2v) is 4.63. The van der Waals surface area contributed by atoms with E-state index >= 15 is 0 Å². The molecule has 3 nitrogen and oxygen atoms in total. The summed E-state index contributed by atoms with van der Waals surface area (Å²) < 4.78 is 19.6. The smallest absolute Gasteiger partial charge is 0.223 e. The van der Waals surface area contributed by atoms with Crippen molar-refractivity contribution in [3.8, 4) is 11.6 Å². The molecular formula is C12H10FIN2O. The maximum Gasteiger partial charge on any atom is 0.223 e. The predicted octanol–water partition coefficient (Wildman–Crippen LogP) is 3.08. The van der Waals surface area contributed by atoms with Crippen LogP contribution in [0, 0.1) is 9.39 Å². The van der Waals surface area contributed by atoms with Gasteiger partial charge in [0.25, 0.3) is 0 Å². The minimum Gasteiger partial charge on any atom is -0.439 e. The number of aromatic nitrogens is 1. The Morgan fingerprint density at radius 1 is 1.35 bits per heavy atom. The van der Waals surface area contributed by atoms with Crippen LogP contribution in [0.4, 0.5) is 4.39 Å². The van der Waals surface area contributed by atoms with Crippen LogP contribution in [0.25, 0.3) is 0 Å². The molecule has 0 atom stereocenters. The fourth-order valence-electron chi connectivity index (χ4n) is 1.35. The largest absolute Gasteiger partial charge is 0.439 e. The Hall–Kier alpha value is -1.21. The highest BCUT2D eigenvalue weighted by Crippen LogP contribution is 2.24. The second-order valence-electron chi connectivity index (χ2n) is 3.38. The molecule has 0 aliphatic heterocycles. The molecule has 1 heterocycles. The third kappa shape index (κ3) is 3.13. The topological polar surface area (TPSA) is 48.1 Å². The van der Waals surface area contributed by atoms with E-state index in [-0.39, 0.29) is 6.54 Å². The first-order valence-electron chi connectivity index (χ1n) is 4.97. The van der Waals surface area contributed by atoms with Gasteiger partial charge in [0, 0.05) is 15.7 Å². The van der Waals surface area contributed by atoms with Crippen molar-refractivity contribution < 1.29 is 9.13 Å². The average Bonchev–Trinajstić information content (AvgIpc) is 2.31. The zero-order valence-corrected chi connectivity index (χ0v) is 11.0. The van der Waals surface area contributed by atoms with Gasteiger partial charge in [0.2, 0.25) is 5.88 Å². The van der Waals surface area contributed by atoms with Gasteiger partial charge >= 0.3 is 0 Å². The van der Waals surface area contributed by atoms with E-state index in [1.54, 1.807) is 0 Å². The van der Waals surface area contributed by atoms with Crippen LogP contribution >= 0.6 is 22.6 Å². The molecule has 0 saturated carbocycles. The molecule has 0 aliphatic rings. The summed E-state index contributed by atoms with van der Waals surface area (Å²) in [5.74, 6) is 0.585. The molecule has 0 amide bonds. The van der Waals surface area contributed by atoms with Crippen LogP contribution in [0.2, 0.25) is 0 Å². The molecule has 2 aromatic rings. The lowest BCUT2D eigenvalue weighted by atomic mass is 10.2. The van der Waals surface area contributed by atoms with Crippen molar-refractivity contribution in [2.75, 3.05) is 0 Å². The van der Waals surface area contributed by atoms with Crippen LogP contribution in [-0.2, 0) is 6.54 Å². The number of pyridine rings is 1. The molecule has 0 fully saturated rings. The van der Waals surface area contributed by atoms with Crippen LogP contribution < -0.4 is 10.5 Å². The van der Waals surface area contributed by atoms with Crippen molar-refractivity contribution in [1.29, 1.82) is 0 Å². The van der Waals surface area contributed by atoms with Crippen molar-refractivity contribution in [2.24, 2.45) is 5.73 Å². The minimum atomic E-state index is -0.416. The van der Waals surface area contributed by atoms with Gasteiger partial charge in [0.15, 0.2) is 0 Å². The van der Waals surface area contributed by atoms with Crippen LogP contribution in [0.15, 0.2) is 36.5 Å². The number of ether oxygens (including phenoxy) is 1. The maximum atomic E-state index is 13.0. The van der Waals surface area contributed by atoms with Gasteiger partial charge in [-0.1, -0.05) is 6.07 Å². The first kappa shape index (κ1) is 12.3. The Bertz CT molecular complexity index is 534. The quantitative estimate of drug-likeness (QED) is 0.871. The summed E-state index contributed by atoms with van der Waals surface area (Å²) in [6, 6.07) is 8.84. The van der Waals surface area contributed by atoms with Crippen molar-refractivity contribution in [3.63, 3.8) is 0 Å². The molecule has 0 aliphatic carbocycles. The molecule has 0 unspecified atom stereocenters. The molecule has 88 valence electrons. The van der Waals surface area contributed by atoms with E-state index in [9.17, 15) is 4.39 Å². The van der Waals surface area contributed by atoms with Crippen molar-refractivity contribution in [2.45, 2.75) is 6.54 Å². The minimum absolute atomic E-state index is 0.185. The molecule has 1 aromatic heterocycles. The highest BCUT2D eigenvalue weighted by atomic mass is 127. The lowest BCUT2D eigenvalue weighted by Crippen LogP contribution is -2.02. The summed E-state index contributed by atoms with van der Waals surface area (Å²) in [5, 5.41) is 0. The maximum absolute atomic E-state index is 13.0. The zero-order chi connectivity index (χ0) is 12.3. The van der Waals surface area contributed by atoms with Crippen molar-refractivity contribution in [3.05, 3.63) is 51.5 Å². The predicted molar refractivity (Wildman–Crippen MR) is 71.3 cm³/mol. The summed E-state index contributed by atoms with van der Waals surface area (Å²) in [6.45, 7) is 0.185. The van der Waals surface area contributed by atoms with Gasteiger partial charge in [-0.2, -0.15) is 0 Å². The summed E-state index contributed by atoms with van der Waals surface area (Å²) in [4.78, 5) is 3.89. The monoisotopic (exact) mass is 344 g/mol. The first-order chi connectivity index (χ1) is 8.19. The average molecular weight is 344 g/mol. The SMILES string of the molecule is NCc1cc(F)cnc1Oc1cccc(I)c1. The molecule has 2 N–H and O–H groups in total. The molecule has 0 radical (unpaired) electrons. The summed E-state index contributed by atoms with van der Waals surface area (Å²) >= 11 is 2.19. The third-order valence-electron chi connectivity index (χ3n) is 2.12. The standard InChI is InChI=1S/C12H10FIN2O/c13-9-4-8(6-15)12(16-7-9)17-11-3-1-2-10(14)5-11/h1-5,7H,6,15H2. The van der Waals surface area contributed by atoms with Crippen molar-refractivity contribution >= 4 is 22.6 Å². The van der Waals surface area contributed by atoms with Crippen LogP contribution in [0.1, 0.15) is 5.56 Å². The molecule has 0 spiro atoms. The lowest BCUT2D eigenvalue weighted by molar-refractivity contribution is 0.452. The number of halogens is 2. The zero-order valence-electron chi connectivity index (χ0n) is 8.86. The summed E-state index contributed by atoms with van der Waals surface area (Å²) in [5.41, 5.74) is 6.06. The molecule has 0 saturated heterocycles. The van der Waals surface area contributed by atoms with Gasteiger partial charge < -0.3 is 10.5 Å². The van der Waals surface area contributed by atoms with E-state index in [0.29, 0.717) is 17.2 Å². The third-order valence-corrected chi connectivity index (χ3v) is 2.79. The number of hydrogen-bond acceptors (Lipinski definition) is 3. The Morgan fingerprint density at radius 2 is 2.18 bits per heavy atom. The van der Waals surface area contributed by atoms with Gasteiger partial charge in [-0.25, -0.2) is 9.37 Å². The Balaban J connectivity index is 2.29. The van der Waals surface area contributed by atoms with E-state index in [1.165, 1.54) is 6.07 Å². The number of benzene rings is 1. The number of nitrogens with zero attached hydrogens (tertiary/aromatic N) is 1. The van der Waals surface area contributed by atoms with E-state index in [4.69, 9.17) is 10.5 Å². The van der Waals surface area contributed by atoms with Gasteiger partial charge in [-0.3, -0.25) is 0 Å². The molecule has 2 rings (SSSR count). The number of hydrogen-bond donors (Lipinski definition) is 1. The summed E-state index contributed by atoms with van der Waals surface area (Å²) in [6.07, 6.45) is 1.11. The number of rotatable bonds is 3. The number of nitrogens with two attached hydrogens (primary N) is 1. The fraction of sp³-hybridized carbons (Fsp3) is 0.0833. The summed E-state index contributed by atoms with van der Waals surface area (Å²) in [7, 11) is 0. The molecule has 5 heteroatoms. The lowest BCUT2D eigenvalue weighted by Gasteiger charge is -2.08. The van der Waals surface area contributed by atoms with E-state index in [2.05, 4.69) is 27.6 Å². The fourth-order valence-corrected chi connectivity index (χ4v) is 1.86. The van der Waals surface area contributed by atoms with E-state index in [0.717, 1.165) is 9.77 Å². The molecule has 17 heavy (non-hydrogen) atoms. The second kappa shape index (κ2) is 5.42. The van der Waals surface area contributed by atoms with E-state index < -0.39 is 5.82 Å². The normalized spacial score (nSPS) is 10.3. The molecular weight excluding hydrogens is 334 g/mol. The van der Waals surface area contributed by atoms with Gasteiger partial charge in [0.05, 0.1) is 6.20 Å². The van der Waals surface area contributed by atoms with Gasteiger partial charge in [-0.15, -0.1) is 0 Å². The highest BCUT2D eigenvalue weighted by Gasteiger charge is 2.07. The van der Waals surface area contributed by atoms with Gasteiger partial charge in [0.1, 0.15) is 11.6 Å². The Morgan fingerprint density at radius 3 is 2.88 bits per heavy atom. The van der Waals surface area contributed by atoms with E-state index in [1.807, 2.05) is 24.3 Å². The van der Waals surface area contributed by atoms with Gasteiger partial charge in [-0.05, 0) is 46.9 Å². The van der Waals surface area contributed by atoms with Crippen LogP contribution in [0.5, 0.6) is 11.6 Å². The molecule has 1 aromatic carbocycles.